The van der Waals surface area contributed by atoms with Crippen molar-refractivity contribution in [3.05, 3.63) is 0 Å². The molecule has 2 saturated heterocycles. The van der Waals surface area contributed by atoms with Crippen molar-refractivity contribution in [1.82, 2.24) is 20.4 Å². The second-order valence-electron chi connectivity index (χ2n) is 7.99. The number of alkyl halides is 3. The number of nitrogens with zero attached hydrogens (tertiary/aromatic N) is 3. The first-order valence-corrected chi connectivity index (χ1v) is 11.1. The van der Waals surface area contributed by atoms with Gasteiger partial charge in [0.05, 0.1) is 13.2 Å². The van der Waals surface area contributed by atoms with Crippen molar-refractivity contribution in [2.45, 2.75) is 58.2 Å². The van der Waals surface area contributed by atoms with Crippen molar-refractivity contribution in [3.63, 3.8) is 0 Å². The maximum absolute atomic E-state index is 12.5. The Balaban J connectivity index is 1.70. The van der Waals surface area contributed by atoms with Gasteiger partial charge in [-0.1, -0.05) is 0 Å². The maximum Gasteiger partial charge on any atom is 0.409 e. The van der Waals surface area contributed by atoms with Gasteiger partial charge in [0.1, 0.15) is 0 Å². The van der Waals surface area contributed by atoms with E-state index in [4.69, 9.17) is 4.74 Å². The molecule has 2 aliphatic rings. The third kappa shape index (κ3) is 8.97. The Kier molecular flexibility index (Phi) is 10.0. The molecule has 2 heterocycles. The average Bonchev–Trinajstić information content (AvgIpc) is 2.69. The Hall–Kier alpha value is -1.71. The molecule has 0 atom stereocenters. The van der Waals surface area contributed by atoms with Gasteiger partial charge in [-0.05, 0) is 65.0 Å². The normalized spacial score (nSPS) is 20.3. The van der Waals surface area contributed by atoms with Gasteiger partial charge in [-0.3, -0.25) is 9.89 Å². The summed E-state index contributed by atoms with van der Waals surface area (Å²) >= 11 is 0. The molecule has 0 aromatic carbocycles. The first-order valence-electron chi connectivity index (χ1n) is 11.1. The average molecular weight is 436 g/mol. The molecule has 7 nitrogen and oxygen atoms in total. The second kappa shape index (κ2) is 12.2. The number of nitrogens with one attached hydrogen (secondary N) is 2. The SMILES string of the molecule is CCNC(=NCCC1CCN(CC(F)(F)F)CC1)NC1CCN(C(=O)OCC)CC1. The van der Waals surface area contributed by atoms with Crippen molar-refractivity contribution in [1.29, 1.82) is 0 Å². The number of guanidine groups is 1. The number of piperidine rings is 2. The van der Waals surface area contributed by atoms with Crippen LogP contribution in [0.2, 0.25) is 0 Å². The lowest BCUT2D eigenvalue weighted by Crippen LogP contribution is -2.50. The molecule has 0 radical (unpaired) electrons. The van der Waals surface area contributed by atoms with Gasteiger partial charge in [-0.15, -0.1) is 0 Å². The van der Waals surface area contributed by atoms with E-state index in [0.717, 1.165) is 44.6 Å². The van der Waals surface area contributed by atoms with Gasteiger partial charge in [-0.25, -0.2) is 4.79 Å². The van der Waals surface area contributed by atoms with Crippen LogP contribution in [0, 0.1) is 5.92 Å². The third-order valence-corrected chi connectivity index (χ3v) is 5.62. The van der Waals surface area contributed by atoms with Crippen LogP contribution >= 0.6 is 0 Å². The zero-order valence-corrected chi connectivity index (χ0v) is 18.1. The van der Waals surface area contributed by atoms with E-state index in [1.54, 1.807) is 11.8 Å². The smallest absolute Gasteiger partial charge is 0.409 e. The minimum absolute atomic E-state index is 0.249. The van der Waals surface area contributed by atoms with E-state index in [-0.39, 0.29) is 12.1 Å². The number of carbonyl (C=O) groups excluding carboxylic acids is 1. The van der Waals surface area contributed by atoms with Crippen LogP contribution in [0.3, 0.4) is 0 Å². The van der Waals surface area contributed by atoms with Crippen LogP contribution in [-0.2, 0) is 4.74 Å². The summed E-state index contributed by atoms with van der Waals surface area (Å²) < 4.78 is 42.5. The molecule has 0 saturated carbocycles. The van der Waals surface area contributed by atoms with Crippen LogP contribution in [0.4, 0.5) is 18.0 Å². The molecular weight excluding hydrogens is 399 g/mol. The third-order valence-electron chi connectivity index (χ3n) is 5.62. The quantitative estimate of drug-likeness (QED) is 0.476. The van der Waals surface area contributed by atoms with Gasteiger partial charge >= 0.3 is 12.3 Å². The van der Waals surface area contributed by atoms with E-state index in [1.165, 1.54) is 4.90 Å². The Labute approximate surface area is 177 Å². The molecule has 10 heteroatoms. The van der Waals surface area contributed by atoms with Crippen molar-refractivity contribution in [3.8, 4) is 0 Å². The summed E-state index contributed by atoms with van der Waals surface area (Å²) in [7, 11) is 0. The molecule has 0 spiro atoms. The highest BCUT2D eigenvalue weighted by Gasteiger charge is 2.32. The number of likely N-dealkylation sites (tertiary alicyclic amines) is 2. The largest absolute Gasteiger partial charge is 0.450 e. The zero-order chi connectivity index (χ0) is 22.0. The van der Waals surface area contributed by atoms with Crippen molar-refractivity contribution in [2.24, 2.45) is 10.9 Å². The van der Waals surface area contributed by atoms with Crippen molar-refractivity contribution in [2.75, 3.05) is 52.4 Å². The predicted molar refractivity (Wildman–Crippen MR) is 111 cm³/mol. The topological polar surface area (TPSA) is 69.2 Å². The first kappa shape index (κ1) is 24.6. The second-order valence-corrected chi connectivity index (χ2v) is 7.99. The number of hydrogen-bond donors (Lipinski definition) is 2. The molecule has 2 rings (SSSR count). The fraction of sp³-hybridized carbons (Fsp3) is 0.900. The van der Waals surface area contributed by atoms with Crippen LogP contribution in [0.15, 0.2) is 4.99 Å². The monoisotopic (exact) mass is 435 g/mol. The standard InChI is InChI=1S/C20H36F3N5O2/c1-3-24-18(26-17-8-13-28(14-9-17)19(29)30-4-2)25-10-5-16-6-11-27(12-7-16)15-20(21,22)23/h16-17H,3-15H2,1-2H3,(H2,24,25,26). The van der Waals surface area contributed by atoms with E-state index in [2.05, 4.69) is 15.6 Å². The summed E-state index contributed by atoms with van der Waals surface area (Å²) in [5.41, 5.74) is 0. The van der Waals surface area contributed by atoms with Crippen LogP contribution in [0.5, 0.6) is 0 Å². The van der Waals surface area contributed by atoms with Crippen LogP contribution in [0.25, 0.3) is 0 Å². The highest BCUT2D eigenvalue weighted by atomic mass is 19.4. The number of ether oxygens (including phenoxy) is 1. The lowest BCUT2D eigenvalue weighted by atomic mass is 9.93. The number of halogens is 3. The number of carbonyl (C=O) groups is 1. The Morgan fingerprint density at radius 3 is 2.33 bits per heavy atom. The highest BCUT2D eigenvalue weighted by Crippen LogP contribution is 2.24. The molecule has 0 aromatic rings. The minimum atomic E-state index is -4.12. The Morgan fingerprint density at radius 1 is 1.10 bits per heavy atom. The Morgan fingerprint density at radius 2 is 1.77 bits per heavy atom. The molecule has 30 heavy (non-hydrogen) atoms. The molecule has 2 fully saturated rings. The number of rotatable bonds is 7. The molecule has 0 bridgehead atoms. The van der Waals surface area contributed by atoms with Crippen molar-refractivity contribution < 1.29 is 22.7 Å². The summed E-state index contributed by atoms with van der Waals surface area (Å²) in [5, 5.41) is 6.70. The molecule has 0 unspecified atom stereocenters. The van der Waals surface area contributed by atoms with E-state index < -0.39 is 12.7 Å². The summed E-state index contributed by atoms with van der Waals surface area (Å²) in [5.74, 6) is 1.19. The van der Waals surface area contributed by atoms with Crippen molar-refractivity contribution >= 4 is 12.1 Å². The van der Waals surface area contributed by atoms with E-state index in [1.807, 2.05) is 6.92 Å². The fourth-order valence-corrected chi connectivity index (χ4v) is 3.98. The van der Waals surface area contributed by atoms with Gasteiger partial charge in [0.2, 0.25) is 0 Å². The summed E-state index contributed by atoms with van der Waals surface area (Å²) in [6, 6.07) is 0.249. The first-order chi connectivity index (χ1) is 14.3. The minimum Gasteiger partial charge on any atom is -0.450 e. The predicted octanol–water partition coefficient (Wildman–Crippen LogP) is 2.83. The highest BCUT2D eigenvalue weighted by molar-refractivity contribution is 5.80. The van der Waals surface area contributed by atoms with Gasteiger partial charge in [0.15, 0.2) is 5.96 Å². The molecule has 174 valence electrons. The van der Waals surface area contributed by atoms with Gasteiger partial charge in [-0.2, -0.15) is 13.2 Å². The lowest BCUT2D eigenvalue weighted by molar-refractivity contribution is -0.148. The van der Waals surface area contributed by atoms with Crippen LogP contribution in [0.1, 0.15) is 46.0 Å². The number of amides is 1. The molecule has 2 aliphatic heterocycles. The molecule has 0 aliphatic carbocycles. The molecule has 1 amide bonds. The van der Waals surface area contributed by atoms with Crippen LogP contribution < -0.4 is 10.6 Å². The van der Waals surface area contributed by atoms with E-state index >= 15 is 0 Å². The fourth-order valence-electron chi connectivity index (χ4n) is 3.98. The van der Waals surface area contributed by atoms with Gasteiger partial charge in [0.25, 0.3) is 0 Å². The van der Waals surface area contributed by atoms with E-state index in [0.29, 0.717) is 45.2 Å². The maximum atomic E-state index is 12.5. The zero-order valence-electron chi connectivity index (χ0n) is 18.1. The van der Waals surface area contributed by atoms with Gasteiger partial charge in [0, 0.05) is 32.2 Å². The van der Waals surface area contributed by atoms with Crippen LogP contribution in [-0.4, -0.2) is 86.5 Å². The molecule has 0 aromatic heterocycles. The number of hydrogen-bond acceptors (Lipinski definition) is 4. The summed E-state index contributed by atoms with van der Waals surface area (Å²) in [6.07, 6.45) is -0.225. The Bertz CT molecular complexity index is 543. The lowest BCUT2D eigenvalue weighted by Gasteiger charge is -2.33. The molecular formula is C20H36F3N5O2. The molecule has 2 N–H and O–H groups in total. The van der Waals surface area contributed by atoms with E-state index in [9.17, 15) is 18.0 Å². The van der Waals surface area contributed by atoms with Gasteiger partial charge < -0.3 is 20.3 Å². The summed E-state index contributed by atoms with van der Waals surface area (Å²) in [6.45, 7) is 7.13. The summed E-state index contributed by atoms with van der Waals surface area (Å²) in [4.78, 5) is 19.7. The number of aliphatic imine (C=N–C) groups is 1.